The molecule has 0 saturated heterocycles. The number of fused-ring (bicyclic) bond motifs is 2. The highest BCUT2D eigenvalue weighted by Crippen LogP contribution is 2.35. The van der Waals surface area contributed by atoms with Crippen LogP contribution in [0.2, 0.25) is 0 Å². The Labute approximate surface area is 157 Å². The van der Waals surface area contributed by atoms with Crippen molar-refractivity contribution in [3.05, 3.63) is 30.7 Å². The Kier molecular flexibility index (Phi) is 3.99. The van der Waals surface area contributed by atoms with Gasteiger partial charge in [0.05, 0.1) is 29.3 Å². The third-order valence-electron chi connectivity index (χ3n) is 5.67. The van der Waals surface area contributed by atoms with Crippen molar-refractivity contribution in [1.82, 2.24) is 19.9 Å². The van der Waals surface area contributed by atoms with Gasteiger partial charge in [0.25, 0.3) is 0 Å². The van der Waals surface area contributed by atoms with E-state index in [1.807, 2.05) is 18.2 Å². The molecule has 3 heterocycles. The van der Waals surface area contributed by atoms with Crippen molar-refractivity contribution < 1.29 is 4.79 Å². The Hall–Kier alpha value is -2.96. The number of aromatic amines is 1. The van der Waals surface area contributed by atoms with Gasteiger partial charge in [-0.1, -0.05) is 25.3 Å². The van der Waals surface area contributed by atoms with Crippen molar-refractivity contribution in [2.45, 2.75) is 38.3 Å². The summed E-state index contributed by atoms with van der Waals surface area (Å²) in [6.07, 6.45) is 10.3. The van der Waals surface area contributed by atoms with E-state index >= 15 is 0 Å². The van der Waals surface area contributed by atoms with E-state index in [9.17, 15) is 4.79 Å². The molecule has 1 fully saturated rings. The highest BCUT2D eigenvalue weighted by atomic mass is 16.1. The number of aromatic nitrogens is 4. The van der Waals surface area contributed by atoms with Crippen LogP contribution in [0.15, 0.2) is 30.7 Å². The zero-order valence-electron chi connectivity index (χ0n) is 15.1. The smallest absolute Gasteiger partial charge is 0.174 e. The number of benzene rings is 1. The molecule has 2 aliphatic rings. The maximum absolute atomic E-state index is 11.6. The highest BCUT2D eigenvalue weighted by Gasteiger charge is 2.33. The fraction of sp³-hybridized carbons (Fsp3) is 0.400. The minimum absolute atomic E-state index is 0.382. The first-order chi connectivity index (χ1) is 13.3. The van der Waals surface area contributed by atoms with Gasteiger partial charge in [0, 0.05) is 12.1 Å². The Bertz CT molecular complexity index is 978. The number of carbonyl (C=O) groups is 1. The molecule has 1 aliphatic carbocycles. The van der Waals surface area contributed by atoms with Gasteiger partial charge < -0.3 is 15.2 Å². The Morgan fingerprint density at radius 1 is 1.19 bits per heavy atom. The molecule has 2 aromatic heterocycles. The van der Waals surface area contributed by atoms with E-state index in [1.54, 1.807) is 12.5 Å². The standard InChI is InChI=1S/C20H22N6O/c27-11-18-25-19-20(26(18)10-13-4-2-1-3-5-13)24-17(9-21-19)14-6-7-15-16(8-14)23-12-22-15/h6-9,11-13,18H,1-5,10H2,(H,21,25)(H,22,23). The topological polar surface area (TPSA) is 86.8 Å². The second-order valence-electron chi connectivity index (χ2n) is 7.44. The van der Waals surface area contributed by atoms with Crippen molar-refractivity contribution in [2.75, 3.05) is 16.8 Å². The first-order valence-electron chi connectivity index (χ1n) is 9.61. The molecule has 0 amide bonds. The van der Waals surface area contributed by atoms with Crippen molar-refractivity contribution in [2.24, 2.45) is 5.92 Å². The summed E-state index contributed by atoms with van der Waals surface area (Å²) in [4.78, 5) is 30.5. The van der Waals surface area contributed by atoms with E-state index in [0.717, 1.165) is 40.9 Å². The lowest BCUT2D eigenvalue weighted by molar-refractivity contribution is -0.108. The quantitative estimate of drug-likeness (QED) is 0.692. The monoisotopic (exact) mass is 362 g/mol. The molecule has 5 rings (SSSR count). The Morgan fingerprint density at radius 3 is 2.93 bits per heavy atom. The molecule has 0 bridgehead atoms. The van der Waals surface area contributed by atoms with Crippen LogP contribution in [0.1, 0.15) is 32.1 Å². The molecular weight excluding hydrogens is 340 g/mol. The zero-order chi connectivity index (χ0) is 18.2. The molecule has 1 saturated carbocycles. The highest BCUT2D eigenvalue weighted by molar-refractivity contribution is 5.83. The number of nitrogens with zero attached hydrogens (tertiary/aromatic N) is 4. The Balaban J connectivity index is 1.48. The van der Waals surface area contributed by atoms with Gasteiger partial charge in [-0.05, 0) is 30.9 Å². The predicted octanol–water partition coefficient (Wildman–Crippen LogP) is 3.36. The lowest BCUT2D eigenvalue weighted by Gasteiger charge is -2.29. The molecule has 0 radical (unpaired) electrons. The molecule has 1 atom stereocenters. The number of nitrogens with one attached hydrogen (secondary N) is 2. The minimum Gasteiger partial charge on any atom is -0.345 e. The molecule has 1 aliphatic heterocycles. The van der Waals surface area contributed by atoms with E-state index in [-0.39, 0.29) is 6.17 Å². The molecule has 3 aromatic rings. The molecule has 138 valence electrons. The fourth-order valence-corrected chi connectivity index (χ4v) is 4.22. The second kappa shape index (κ2) is 6.64. The van der Waals surface area contributed by atoms with E-state index in [0.29, 0.717) is 11.7 Å². The maximum Gasteiger partial charge on any atom is 0.174 e. The molecule has 7 nitrogen and oxygen atoms in total. The van der Waals surface area contributed by atoms with E-state index in [4.69, 9.17) is 4.98 Å². The van der Waals surface area contributed by atoms with Crippen molar-refractivity contribution in [3.63, 3.8) is 0 Å². The number of carbonyl (C=O) groups excluding carboxylic acids is 1. The molecule has 7 heteroatoms. The number of H-pyrrole nitrogens is 1. The van der Waals surface area contributed by atoms with Crippen LogP contribution < -0.4 is 10.2 Å². The molecular formula is C20H22N6O. The van der Waals surface area contributed by atoms with Gasteiger partial charge in [-0.3, -0.25) is 4.79 Å². The number of hydrogen-bond donors (Lipinski definition) is 2. The number of aldehydes is 1. The molecule has 1 aromatic carbocycles. The third-order valence-corrected chi connectivity index (χ3v) is 5.67. The first-order valence-corrected chi connectivity index (χ1v) is 9.61. The molecule has 1 unspecified atom stereocenters. The van der Waals surface area contributed by atoms with Crippen LogP contribution in [-0.2, 0) is 4.79 Å². The Morgan fingerprint density at radius 2 is 2.07 bits per heavy atom. The van der Waals surface area contributed by atoms with E-state index < -0.39 is 0 Å². The average molecular weight is 362 g/mol. The van der Waals surface area contributed by atoms with Crippen molar-refractivity contribution in [3.8, 4) is 11.3 Å². The van der Waals surface area contributed by atoms with Gasteiger partial charge in [-0.2, -0.15) is 0 Å². The number of hydrogen-bond acceptors (Lipinski definition) is 6. The first kappa shape index (κ1) is 16.2. The maximum atomic E-state index is 11.6. The summed E-state index contributed by atoms with van der Waals surface area (Å²) in [7, 11) is 0. The number of rotatable bonds is 4. The van der Waals surface area contributed by atoms with Gasteiger partial charge in [0.1, 0.15) is 0 Å². The van der Waals surface area contributed by atoms with Gasteiger partial charge in [0.2, 0.25) is 0 Å². The van der Waals surface area contributed by atoms with Crippen LogP contribution in [0.5, 0.6) is 0 Å². The normalized spacial score (nSPS) is 19.9. The van der Waals surface area contributed by atoms with Gasteiger partial charge >= 0.3 is 0 Å². The third kappa shape index (κ3) is 2.93. The predicted molar refractivity (Wildman–Crippen MR) is 105 cm³/mol. The van der Waals surface area contributed by atoms with Gasteiger partial charge in [-0.15, -0.1) is 0 Å². The number of anilines is 2. The number of imidazole rings is 1. The summed E-state index contributed by atoms with van der Waals surface area (Å²) in [5.74, 6) is 2.08. The molecule has 0 spiro atoms. The van der Waals surface area contributed by atoms with Crippen molar-refractivity contribution in [1.29, 1.82) is 0 Å². The van der Waals surface area contributed by atoms with Gasteiger partial charge in [-0.25, -0.2) is 15.0 Å². The van der Waals surface area contributed by atoms with E-state index in [2.05, 4.69) is 25.2 Å². The SMILES string of the molecule is O=CC1Nc2ncc(-c3ccc4nc[nH]c4c3)nc2N1CC1CCCCC1. The zero-order valence-corrected chi connectivity index (χ0v) is 15.1. The van der Waals surface area contributed by atoms with Crippen LogP contribution in [0.4, 0.5) is 11.6 Å². The summed E-state index contributed by atoms with van der Waals surface area (Å²) >= 11 is 0. The largest absolute Gasteiger partial charge is 0.345 e. The van der Waals surface area contributed by atoms with E-state index in [1.165, 1.54) is 32.1 Å². The van der Waals surface area contributed by atoms with Crippen LogP contribution >= 0.6 is 0 Å². The molecule has 2 N–H and O–H groups in total. The average Bonchev–Trinajstić information content (AvgIpc) is 3.32. The van der Waals surface area contributed by atoms with Gasteiger partial charge in [0.15, 0.2) is 24.1 Å². The van der Waals surface area contributed by atoms with Crippen LogP contribution in [0.25, 0.3) is 22.3 Å². The summed E-state index contributed by atoms with van der Waals surface area (Å²) < 4.78 is 0. The lowest BCUT2D eigenvalue weighted by Crippen LogP contribution is -2.40. The van der Waals surface area contributed by atoms with Crippen LogP contribution in [0.3, 0.4) is 0 Å². The summed E-state index contributed by atoms with van der Waals surface area (Å²) in [5.41, 5.74) is 3.67. The molecule has 27 heavy (non-hydrogen) atoms. The summed E-state index contributed by atoms with van der Waals surface area (Å²) in [6.45, 7) is 0.848. The fourth-order valence-electron chi connectivity index (χ4n) is 4.22. The van der Waals surface area contributed by atoms with Crippen LogP contribution in [-0.4, -0.2) is 38.9 Å². The summed E-state index contributed by atoms with van der Waals surface area (Å²) in [6, 6.07) is 6.01. The van der Waals surface area contributed by atoms with Crippen molar-refractivity contribution >= 4 is 29.0 Å². The second-order valence-corrected chi connectivity index (χ2v) is 7.44. The lowest BCUT2D eigenvalue weighted by atomic mass is 9.89. The minimum atomic E-state index is -0.382. The summed E-state index contributed by atoms with van der Waals surface area (Å²) in [5, 5.41) is 3.20. The van der Waals surface area contributed by atoms with Crippen LogP contribution in [0, 0.1) is 5.92 Å².